The van der Waals surface area contributed by atoms with Crippen molar-refractivity contribution in [3.05, 3.63) is 72.2 Å². The van der Waals surface area contributed by atoms with E-state index in [-0.39, 0.29) is 24.1 Å². The van der Waals surface area contributed by atoms with Gasteiger partial charge in [0.2, 0.25) is 5.91 Å². The van der Waals surface area contributed by atoms with Gasteiger partial charge in [-0.15, -0.1) is 11.3 Å². The van der Waals surface area contributed by atoms with Crippen molar-refractivity contribution < 1.29 is 14.0 Å². The molecule has 0 radical (unpaired) electrons. The van der Waals surface area contributed by atoms with Crippen LogP contribution >= 0.6 is 11.3 Å². The number of likely N-dealkylation sites (N-methyl/N-ethyl adjacent to an activating group) is 1. The van der Waals surface area contributed by atoms with Gasteiger partial charge >= 0.3 is 0 Å². The van der Waals surface area contributed by atoms with Crippen molar-refractivity contribution in [2.75, 3.05) is 18.9 Å². The fourth-order valence-electron chi connectivity index (χ4n) is 2.93. The van der Waals surface area contributed by atoms with E-state index in [4.69, 9.17) is 4.42 Å². The molecule has 0 unspecified atom stereocenters. The second-order valence-electron chi connectivity index (χ2n) is 6.75. The monoisotopic (exact) mass is 405 g/mol. The molecule has 0 fully saturated rings. The summed E-state index contributed by atoms with van der Waals surface area (Å²) < 4.78 is 6.23. The van der Waals surface area contributed by atoms with Crippen LogP contribution in [-0.4, -0.2) is 35.3 Å². The van der Waals surface area contributed by atoms with Crippen molar-refractivity contribution in [2.24, 2.45) is 0 Å². The first kappa shape index (κ1) is 18.9. The van der Waals surface area contributed by atoms with Gasteiger partial charge in [-0.1, -0.05) is 6.07 Å². The van der Waals surface area contributed by atoms with Gasteiger partial charge in [0.15, 0.2) is 5.76 Å². The van der Waals surface area contributed by atoms with Crippen LogP contribution in [0.25, 0.3) is 20.8 Å². The van der Waals surface area contributed by atoms with E-state index in [0.717, 1.165) is 20.8 Å². The number of amides is 2. The smallest absolute Gasteiger partial charge is 0.289 e. The largest absolute Gasteiger partial charge is 0.459 e. The molecule has 2 heterocycles. The minimum absolute atomic E-state index is 0.0709. The molecule has 0 aliphatic rings. The lowest BCUT2D eigenvalue weighted by Crippen LogP contribution is -2.34. The van der Waals surface area contributed by atoms with Crippen LogP contribution in [0.3, 0.4) is 0 Å². The molecule has 0 saturated heterocycles. The van der Waals surface area contributed by atoms with E-state index < -0.39 is 0 Å². The second kappa shape index (κ2) is 7.89. The number of nitrogens with zero attached hydrogens (tertiary/aromatic N) is 2. The highest BCUT2D eigenvalue weighted by Crippen LogP contribution is 2.31. The molecule has 146 valence electrons. The van der Waals surface area contributed by atoms with Crippen molar-refractivity contribution in [3.63, 3.8) is 0 Å². The number of benzene rings is 2. The minimum Gasteiger partial charge on any atom is -0.459 e. The molecule has 2 amide bonds. The Kier molecular flexibility index (Phi) is 5.14. The Hall–Kier alpha value is -3.45. The van der Waals surface area contributed by atoms with E-state index in [2.05, 4.69) is 29.4 Å². The SMILES string of the molecule is Cc1ccc2nc(-c3ccc(NC(=O)CN(C)C(=O)c4ccco4)cc3)sc2c1. The highest BCUT2D eigenvalue weighted by Gasteiger charge is 2.17. The van der Waals surface area contributed by atoms with Gasteiger partial charge in [-0.25, -0.2) is 4.98 Å². The number of carbonyl (C=O) groups is 2. The topological polar surface area (TPSA) is 75.4 Å². The van der Waals surface area contributed by atoms with Crippen molar-refractivity contribution in [3.8, 4) is 10.6 Å². The molecule has 2 aromatic carbocycles. The van der Waals surface area contributed by atoms with Crippen LogP contribution in [0, 0.1) is 6.92 Å². The number of fused-ring (bicyclic) bond motifs is 1. The molecule has 2 aromatic heterocycles. The lowest BCUT2D eigenvalue weighted by Gasteiger charge is -2.15. The standard InChI is InChI=1S/C22H19N3O3S/c1-14-5-10-17-19(12-14)29-21(24-17)15-6-8-16(9-7-15)23-20(26)13-25(2)22(27)18-4-3-11-28-18/h3-12H,13H2,1-2H3,(H,23,26). The predicted molar refractivity (Wildman–Crippen MR) is 114 cm³/mol. The van der Waals surface area contributed by atoms with Crippen LogP contribution in [0.1, 0.15) is 16.1 Å². The van der Waals surface area contributed by atoms with Crippen LogP contribution in [0.4, 0.5) is 5.69 Å². The summed E-state index contributed by atoms with van der Waals surface area (Å²) in [6.45, 7) is 1.99. The Labute approximate surface area is 171 Å². The summed E-state index contributed by atoms with van der Waals surface area (Å²) in [7, 11) is 1.56. The second-order valence-corrected chi connectivity index (χ2v) is 7.78. The minimum atomic E-state index is -0.341. The van der Waals surface area contributed by atoms with Crippen LogP contribution in [0.15, 0.2) is 65.3 Å². The fourth-order valence-corrected chi connectivity index (χ4v) is 4.00. The van der Waals surface area contributed by atoms with Crippen molar-refractivity contribution >= 4 is 39.1 Å². The third-order valence-corrected chi connectivity index (χ3v) is 5.49. The Bertz CT molecular complexity index is 1160. The summed E-state index contributed by atoms with van der Waals surface area (Å²) >= 11 is 1.64. The van der Waals surface area contributed by atoms with E-state index in [0.29, 0.717) is 5.69 Å². The van der Waals surface area contributed by atoms with E-state index in [1.165, 1.54) is 16.7 Å². The molecule has 4 rings (SSSR count). The first-order valence-corrected chi connectivity index (χ1v) is 9.88. The highest BCUT2D eigenvalue weighted by atomic mass is 32.1. The molecular weight excluding hydrogens is 386 g/mol. The number of rotatable bonds is 5. The Morgan fingerprint density at radius 3 is 2.66 bits per heavy atom. The third-order valence-electron chi connectivity index (χ3n) is 4.42. The predicted octanol–water partition coefficient (Wildman–Crippen LogP) is 4.58. The Morgan fingerprint density at radius 2 is 1.93 bits per heavy atom. The molecule has 0 saturated carbocycles. The summed E-state index contributed by atoms with van der Waals surface area (Å²) in [6, 6.07) is 16.9. The maximum absolute atomic E-state index is 12.3. The molecule has 1 N–H and O–H groups in total. The summed E-state index contributed by atoms with van der Waals surface area (Å²) in [5.74, 6) is -0.419. The molecule has 0 aliphatic carbocycles. The number of hydrogen-bond donors (Lipinski definition) is 1. The zero-order chi connectivity index (χ0) is 20.4. The van der Waals surface area contributed by atoms with Crippen LogP contribution < -0.4 is 5.32 Å². The van der Waals surface area contributed by atoms with Crippen LogP contribution in [0.2, 0.25) is 0 Å². The number of nitrogens with one attached hydrogen (secondary N) is 1. The van der Waals surface area contributed by atoms with Gasteiger partial charge in [0.05, 0.1) is 23.0 Å². The molecule has 29 heavy (non-hydrogen) atoms. The summed E-state index contributed by atoms with van der Waals surface area (Å²) in [5, 5.41) is 3.74. The van der Waals surface area contributed by atoms with Crippen LogP contribution in [0.5, 0.6) is 0 Å². The lowest BCUT2D eigenvalue weighted by atomic mass is 10.2. The molecular formula is C22H19N3O3S. The van der Waals surface area contributed by atoms with E-state index in [1.807, 2.05) is 30.3 Å². The van der Waals surface area contributed by atoms with Gasteiger partial charge in [0.1, 0.15) is 5.01 Å². The number of furan rings is 1. The molecule has 0 atom stereocenters. The summed E-state index contributed by atoms with van der Waals surface area (Å²) in [5.41, 5.74) is 3.85. The highest BCUT2D eigenvalue weighted by molar-refractivity contribution is 7.21. The number of hydrogen-bond acceptors (Lipinski definition) is 5. The fraction of sp³-hybridized carbons (Fsp3) is 0.136. The summed E-state index contributed by atoms with van der Waals surface area (Å²) in [4.78, 5) is 30.4. The van der Waals surface area contributed by atoms with Gasteiger partial charge < -0.3 is 14.6 Å². The third kappa shape index (κ3) is 4.20. The molecule has 0 bridgehead atoms. The lowest BCUT2D eigenvalue weighted by molar-refractivity contribution is -0.116. The van der Waals surface area contributed by atoms with Gasteiger partial charge in [-0.05, 0) is 61.0 Å². The number of aromatic nitrogens is 1. The van der Waals surface area contributed by atoms with E-state index >= 15 is 0 Å². The van der Waals surface area contributed by atoms with E-state index in [1.54, 1.807) is 30.5 Å². The molecule has 0 spiro atoms. The first-order valence-electron chi connectivity index (χ1n) is 9.06. The Morgan fingerprint density at radius 1 is 1.14 bits per heavy atom. The zero-order valence-electron chi connectivity index (χ0n) is 16.0. The molecule has 7 heteroatoms. The number of anilines is 1. The quantitative estimate of drug-likeness (QED) is 0.527. The number of thiazole rings is 1. The van der Waals surface area contributed by atoms with Crippen molar-refractivity contribution in [2.45, 2.75) is 6.92 Å². The van der Waals surface area contributed by atoms with E-state index in [9.17, 15) is 9.59 Å². The molecule has 6 nitrogen and oxygen atoms in total. The number of carbonyl (C=O) groups excluding carboxylic acids is 2. The zero-order valence-corrected chi connectivity index (χ0v) is 16.8. The number of aryl methyl sites for hydroxylation is 1. The Balaban J connectivity index is 1.41. The van der Waals surface area contributed by atoms with Gasteiger partial charge in [-0.2, -0.15) is 0 Å². The average molecular weight is 405 g/mol. The first-order chi connectivity index (χ1) is 14.0. The van der Waals surface area contributed by atoms with Crippen molar-refractivity contribution in [1.82, 2.24) is 9.88 Å². The van der Waals surface area contributed by atoms with Crippen molar-refractivity contribution in [1.29, 1.82) is 0 Å². The normalized spacial score (nSPS) is 10.8. The van der Waals surface area contributed by atoms with Gasteiger partial charge in [-0.3, -0.25) is 9.59 Å². The average Bonchev–Trinajstić information content (AvgIpc) is 3.37. The van der Waals surface area contributed by atoms with Gasteiger partial charge in [0, 0.05) is 18.3 Å². The maximum atomic E-state index is 12.3. The molecule has 0 aliphatic heterocycles. The maximum Gasteiger partial charge on any atom is 0.289 e. The van der Waals surface area contributed by atoms with Gasteiger partial charge in [0.25, 0.3) is 5.91 Å². The molecule has 4 aromatic rings. The van der Waals surface area contributed by atoms with Crippen LogP contribution in [-0.2, 0) is 4.79 Å². The summed E-state index contributed by atoms with van der Waals surface area (Å²) in [6.07, 6.45) is 1.43.